The van der Waals surface area contributed by atoms with Gasteiger partial charge in [-0.25, -0.2) is 14.2 Å². The van der Waals surface area contributed by atoms with Crippen LogP contribution < -0.4 is 4.90 Å². The first kappa shape index (κ1) is 22.2. The molecule has 3 fully saturated rings. The molecule has 182 valence electrons. The maximum absolute atomic E-state index is 14.5. The second-order valence-electron chi connectivity index (χ2n) is 9.93. The van der Waals surface area contributed by atoms with Crippen LogP contribution in [0.1, 0.15) is 71.8 Å². The Hall–Kier alpha value is -3.26. The number of ether oxygens (including phenoxy) is 1. The molecule has 1 unspecified atom stereocenters. The first-order chi connectivity index (χ1) is 17.0. The number of halogens is 1. The smallest absolute Gasteiger partial charge is 0.337 e. The molecule has 2 bridgehead atoms. The van der Waals surface area contributed by atoms with Gasteiger partial charge in [0.05, 0.1) is 24.0 Å². The highest BCUT2D eigenvalue weighted by Gasteiger charge is 2.42. The fourth-order valence-electron chi connectivity index (χ4n) is 5.75. The number of aryl methyl sites for hydroxylation is 1. The molecule has 7 nitrogen and oxygen atoms in total. The van der Waals surface area contributed by atoms with E-state index >= 15 is 0 Å². The summed E-state index contributed by atoms with van der Waals surface area (Å²) in [5.41, 5.74) is 2.64. The average molecular weight is 478 g/mol. The Bertz CT molecular complexity index is 1260. The number of aromatic nitrogens is 2. The highest BCUT2D eigenvalue weighted by molar-refractivity contribution is 5.89. The third kappa shape index (κ3) is 4.10. The van der Waals surface area contributed by atoms with Crippen LogP contribution in [0, 0.1) is 12.7 Å². The number of anilines is 1. The lowest BCUT2D eigenvalue weighted by molar-refractivity contribution is 0.0146. The Balaban J connectivity index is 1.18. The Morgan fingerprint density at radius 2 is 1.89 bits per heavy atom. The lowest BCUT2D eigenvalue weighted by atomic mass is 9.99. The van der Waals surface area contributed by atoms with Crippen LogP contribution in [0.4, 0.5) is 10.2 Å². The van der Waals surface area contributed by atoms with Crippen molar-refractivity contribution in [3.8, 4) is 11.3 Å². The summed E-state index contributed by atoms with van der Waals surface area (Å²) in [7, 11) is 0. The minimum Gasteiger partial charge on any atom is -0.478 e. The van der Waals surface area contributed by atoms with Crippen molar-refractivity contribution >= 4 is 11.8 Å². The van der Waals surface area contributed by atoms with Crippen LogP contribution in [0.2, 0.25) is 0 Å². The molecular formula is C27H28FN3O4. The summed E-state index contributed by atoms with van der Waals surface area (Å²) >= 11 is 0. The van der Waals surface area contributed by atoms with Crippen molar-refractivity contribution in [2.75, 3.05) is 4.90 Å². The number of carbonyl (C=O) groups is 1. The summed E-state index contributed by atoms with van der Waals surface area (Å²) in [6.07, 6.45) is 6.08. The van der Waals surface area contributed by atoms with Gasteiger partial charge in [-0.1, -0.05) is 17.3 Å². The van der Waals surface area contributed by atoms with E-state index in [0.29, 0.717) is 41.6 Å². The van der Waals surface area contributed by atoms with Crippen LogP contribution in [0.5, 0.6) is 0 Å². The van der Waals surface area contributed by atoms with E-state index in [9.17, 15) is 14.3 Å². The number of carboxylic acid groups (broad SMARTS) is 1. The van der Waals surface area contributed by atoms with Crippen molar-refractivity contribution in [3.05, 3.63) is 64.8 Å². The molecule has 35 heavy (non-hydrogen) atoms. The van der Waals surface area contributed by atoms with Gasteiger partial charge in [0, 0.05) is 29.1 Å². The monoisotopic (exact) mass is 477 g/mol. The van der Waals surface area contributed by atoms with Crippen molar-refractivity contribution < 1.29 is 23.6 Å². The summed E-state index contributed by atoms with van der Waals surface area (Å²) < 4.78 is 26.6. The molecule has 0 spiro atoms. The lowest BCUT2D eigenvalue weighted by Crippen LogP contribution is -2.46. The largest absolute Gasteiger partial charge is 0.478 e. The summed E-state index contributed by atoms with van der Waals surface area (Å²) in [5, 5.41) is 13.6. The predicted octanol–water partition coefficient (Wildman–Crippen LogP) is 5.48. The van der Waals surface area contributed by atoms with Gasteiger partial charge in [0.1, 0.15) is 23.1 Å². The summed E-state index contributed by atoms with van der Waals surface area (Å²) in [6, 6.07) is 10.7. The van der Waals surface area contributed by atoms with Gasteiger partial charge in [-0.2, -0.15) is 0 Å². The second kappa shape index (κ2) is 8.75. The third-order valence-corrected chi connectivity index (χ3v) is 7.61. The van der Waals surface area contributed by atoms with Gasteiger partial charge in [0.25, 0.3) is 0 Å². The number of pyridine rings is 1. The van der Waals surface area contributed by atoms with Gasteiger partial charge in [-0.05, 0) is 69.7 Å². The van der Waals surface area contributed by atoms with E-state index < -0.39 is 5.97 Å². The van der Waals surface area contributed by atoms with E-state index in [-0.39, 0.29) is 17.5 Å². The van der Waals surface area contributed by atoms with Gasteiger partial charge in [0.2, 0.25) is 0 Å². The van der Waals surface area contributed by atoms with E-state index in [1.165, 1.54) is 6.07 Å². The number of piperidine rings is 1. The van der Waals surface area contributed by atoms with E-state index in [2.05, 4.69) is 15.0 Å². The molecule has 4 heterocycles. The van der Waals surface area contributed by atoms with Crippen molar-refractivity contribution in [2.45, 2.75) is 76.2 Å². The Labute approximate surface area is 202 Å². The molecule has 1 aromatic carbocycles. The molecule has 3 aromatic rings. The van der Waals surface area contributed by atoms with E-state index in [1.54, 1.807) is 31.2 Å². The summed E-state index contributed by atoms with van der Waals surface area (Å²) in [5.74, 6) is 0.762. The van der Waals surface area contributed by atoms with Crippen LogP contribution in [-0.4, -0.2) is 39.4 Å². The van der Waals surface area contributed by atoms with Crippen molar-refractivity contribution in [2.24, 2.45) is 0 Å². The summed E-state index contributed by atoms with van der Waals surface area (Å²) in [6.45, 7) is 2.10. The van der Waals surface area contributed by atoms with Gasteiger partial charge in [-0.3, -0.25) is 0 Å². The Kier molecular flexibility index (Phi) is 5.56. The molecule has 2 aromatic heterocycles. The maximum Gasteiger partial charge on any atom is 0.337 e. The molecule has 8 heteroatoms. The number of nitrogens with zero attached hydrogens (tertiary/aromatic N) is 3. The highest BCUT2D eigenvalue weighted by Crippen LogP contribution is 2.45. The maximum atomic E-state index is 14.5. The first-order valence-corrected chi connectivity index (χ1v) is 12.3. The normalized spacial score (nSPS) is 23.6. The zero-order valence-corrected chi connectivity index (χ0v) is 19.6. The zero-order valence-electron chi connectivity index (χ0n) is 19.6. The van der Waals surface area contributed by atoms with E-state index in [4.69, 9.17) is 9.26 Å². The van der Waals surface area contributed by atoms with Gasteiger partial charge >= 0.3 is 5.97 Å². The standard InChI is InChI=1S/C27H28FN3O4/c1-15-20(27(32)33)10-11-24(29-15)31-17-8-9-18(31)13-19(12-17)34-14-22-25(21-4-2-3-5-23(21)28)30-35-26(22)16-6-7-16/h2-5,10-11,16-19H,6-9,12-14H2,1H3,(H,32,33)/t17-,18+,19?. The highest BCUT2D eigenvalue weighted by atomic mass is 19.1. The van der Waals surface area contributed by atoms with Crippen LogP contribution in [0.25, 0.3) is 11.3 Å². The number of benzene rings is 1. The minimum absolute atomic E-state index is 0.0820. The number of aromatic carboxylic acids is 1. The molecule has 6 rings (SSSR count). The van der Waals surface area contributed by atoms with Crippen LogP contribution >= 0.6 is 0 Å². The molecule has 1 N–H and O–H groups in total. The molecule has 1 aliphatic carbocycles. The molecular weight excluding hydrogens is 449 g/mol. The number of fused-ring (bicyclic) bond motifs is 2. The molecule has 0 amide bonds. The van der Waals surface area contributed by atoms with E-state index in [1.807, 2.05) is 6.07 Å². The Morgan fingerprint density at radius 1 is 1.14 bits per heavy atom. The zero-order chi connectivity index (χ0) is 24.1. The lowest BCUT2D eigenvalue weighted by Gasteiger charge is -2.39. The van der Waals surface area contributed by atoms with Crippen LogP contribution in [0.3, 0.4) is 0 Å². The number of hydrogen-bond acceptors (Lipinski definition) is 6. The molecule has 0 radical (unpaired) electrons. The van der Waals surface area contributed by atoms with E-state index in [0.717, 1.165) is 55.7 Å². The van der Waals surface area contributed by atoms with Gasteiger partial charge < -0.3 is 19.3 Å². The quantitative estimate of drug-likeness (QED) is 0.482. The van der Waals surface area contributed by atoms with Gasteiger partial charge in [-0.15, -0.1) is 0 Å². The van der Waals surface area contributed by atoms with Crippen LogP contribution in [0.15, 0.2) is 40.9 Å². The second-order valence-corrected chi connectivity index (χ2v) is 9.93. The number of carboxylic acids is 1. The molecule has 2 saturated heterocycles. The van der Waals surface area contributed by atoms with Crippen molar-refractivity contribution in [1.82, 2.24) is 10.1 Å². The first-order valence-electron chi connectivity index (χ1n) is 12.3. The third-order valence-electron chi connectivity index (χ3n) is 7.61. The fraction of sp³-hybridized carbons (Fsp3) is 0.444. The van der Waals surface area contributed by atoms with Crippen molar-refractivity contribution in [1.29, 1.82) is 0 Å². The molecule has 3 atom stereocenters. The van der Waals surface area contributed by atoms with Gasteiger partial charge in [0.15, 0.2) is 0 Å². The topological polar surface area (TPSA) is 88.7 Å². The van der Waals surface area contributed by atoms with Crippen LogP contribution in [-0.2, 0) is 11.3 Å². The molecule has 3 aliphatic rings. The SMILES string of the molecule is Cc1nc(N2[C@@H]3CC[C@H]2CC(OCc2c(-c4ccccc4F)noc2C2CC2)C3)ccc1C(=O)O. The Morgan fingerprint density at radius 3 is 2.54 bits per heavy atom. The fourth-order valence-corrected chi connectivity index (χ4v) is 5.75. The minimum atomic E-state index is -0.953. The average Bonchev–Trinajstić information content (AvgIpc) is 3.54. The predicted molar refractivity (Wildman–Crippen MR) is 127 cm³/mol. The van der Waals surface area contributed by atoms with Crippen molar-refractivity contribution in [3.63, 3.8) is 0 Å². The number of rotatable bonds is 7. The molecule has 2 aliphatic heterocycles. The molecule has 1 saturated carbocycles. The summed E-state index contributed by atoms with van der Waals surface area (Å²) in [4.78, 5) is 18.3. The number of hydrogen-bond donors (Lipinski definition) is 1.